The monoisotopic (exact) mass is 469 g/mol. The predicted octanol–water partition coefficient (Wildman–Crippen LogP) is 5.05. The minimum atomic E-state index is -0.122. The van der Waals surface area contributed by atoms with E-state index in [9.17, 15) is 4.79 Å². The van der Waals surface area contributed by atoms with Crippen LogP contribution < -0.4 is 5.32 Å². The zero-order chi connectivity index (χ0) is 23.9. The summed E-state index contributed by atoms with van der Waals surface area (Å²) in [6.07, 6.45) is 6.21. The summed E-state index contributed by atoms with van der Waals surface area (Å²) in [5.41, 5.74) is 3.81. The van der Waals surface area contributed by atoms with Crippen molar-refractivity contribution in [3.8, 4) is 35.0 Å². The number of hydrogen-bond acceptors (Lipinski definition) is 5. The smallest absolute Gasteiger partial charge is 0.231 e. The van der Waals surface area contributed by atoms with Gasteiger partial charge in [-0.05, 0) is 24.5 Å². The molecular formula is C27H27N5OS. The quantitative estimate of drug-likeness (QED) is 0.274. The fourth-order valence-electron chi connectivity index (χ4n) is 3.63. The number of para-hydroxylation sites is 1. The zero-order valence-corrected chi connectivity index (χ0v) is 20.2. The molecule has 0 bridgehead atoms. The first-order valence-corrected chi connectivity index (χ1v) is 12.3. The van der Waals surface area contributed by atoms with E-state index in [0.717, 1.165) is 46.5 Å². The van der Waals surface area contributed by atoms with Crippen LogP contribution in [0.4, 0.5) is 0 Å². The lowest BCUT2D eigenvalue weighted by Crippen LogP contribution is -2.25. The van der Waals surface area contributed by atoms with Gasteiger partial charge in [0.1, 0.15) is 0 Å². The molecule has 0 saturated heterocycles. The highest BCUT2D eigenvalue weighted by molar-refractivity contribution is 7.99. The fourth-order valence-corrected chi connectivity index (χ4v) is 4.43. The number of terminal acetylenes is 1. The molecule has 0 aliphatic carbocycles. The first-order chi connectivity index (χ1) is 16.6. The van der Waals surface area contributed by atoms with Crippen molar-refractivity contribution in [2.45, 2.75) is 32.0 Å². The topological polar surface area (TPSA) is 72.7 Å². The Bertz CT molecular complexity index is 1320. The van der Waals surface area contributed by atoms with Gasteiger partial charge in [0.25, 0.3) is 0 Å². The first kappa shape index (κ1) is 23.5. The molecule has 0 spiro atoms. The molecule has 2 aromatic carbocycles. The maximum Gasteiger partial charge on any atom is 0.231 e. The Balaban J connectivity index is 1.78. The van der Waals surface area contributed by atoms with Crippen LogP contribution in [0.3, 0.4) is 0 Å². The molecule has 2 aromatic heterocycles. The molecule has 0 atom stereocenters. The summed E-state index contributed by atoms with van der Waals surface area (Å²) < 4.78 is 2.12. The second-order valence-corrected chi connectivity index (χ2v) is 9.29. The van der Waals surface area contributed by atoms with Gasteiger partial charge < -0.3 is 9.88 Å². The Morgan fingerprint density at radius 2 is 1.88 bits per heavy atom. The standard InChI is InChI=1S/C27H27N5OS/c1-4-15-28-25(33)18-34-27-31-30-26(32(27)16-14-19(2)3)22-17-24(20-10-6-5-7-11-20)29-23-13-9-8-12-21(22)23/h1,5-13,17,19H,14-16,18H2,2-3H3,(H,28,33). The van der Waals surface area contributed by atoms with Crippen LogP contribution in [0.5, 0.6) is 0 Å². The van der Waals surface area contributed by atoms with E-state index < -0.39 is 0 Å². The highest BCUT2D eigenvalue weighted by Crippen LogP contribution is 2.33. The maximum atomic E-state index is 12.1. The van der Waals surface area contributed by atoms with E-state index in [1.807, 2.05) is 36.4 Å². The van der Waals surface area contributed by atoms with Gasteiger partial charge >= 0.3 is 0 Å². The predicted molar refractivity (Wildman–Crippen MR) is 138 cm³/mol. The van der Waals surface area contributed by atoms with Crippen LogP contribution in [-0.4, -0.2) is 38.0 Å². The minimum absolute atomic E-state index is 0.122. The summed E-state index contributed by atoms with van der Waals surface area (Å²) in [5, 5.41) is 13.5. The third-order valence-corrected chi connectivity index (χ3v) is 6.36. The number of rotatable bonds is 9. The number of benzene rings is 2. The van der Waals surface area contributed by atoms with E-state index in [-0.39, 0.29) is 18.2 Å². The number of pyridine rings is 1. The Hall–Kier alpha value is -3.63. The largest absolute Gasteiger partial charge is 0.344 e. The number of hydrogen-bond donors (Lipinski definition) is 1. The highest BCUT2D eigenvalue weighted by atomic mass is 32.2. The van der Waals surface area contributed by atoms with Crippen LogP contribution in [0.2, 0.25) is 0 Å². The summed E-state index contributed by atoms with van der Waals surface area (Å²) in [4.78, 5) is 17.0. The molecule has 0 aliphatic rings. The molecule has 2 heterocycles. The Morgan fingerprint density at radius 3 is 2.65 bits per heavy atom. The maximum absolute atomic E-state index is 12.1. The van der Waals surface area contributed by atoms with Gasteiger partial charge in [0, 0.05) is 23.1 Å². The van der Waals surface area contributed by atoms with Crippen molar-refractivity contribution in [2.75, 3.05) is 12.3 Å². The van der Waals surface area contributed by atoms with Gasteiger partial charge in [-0.25, -0.2) is 4.98 Å². The molecule has 0 fully saturated rings. The Labute approximate surface area is 204 Å². The van der Waals surface area contributed by atoms with Gasteiger partial charge in [-0.15, -0.1) is 16.6 Å². The number of fused-ring (bicyclic) bond motifs is 1. The van der Waals surface area contributed by atoms with Gasteiger partial charge in [0.15, 0.2) is 11.0 Å². The number of nitrogens with zero attached hydrogens (tertiary/aromatic N) is 4. The first-order valence-electron chi connectivity index (χ1n) is 11.3. The number of nitrogens with one attached hydrogen (secondary N) is 1. The second kappa shape index (κ2) is 11.0. The zero-order valence-electron chi connectivity index (χ0n) is 19.4. The molecule has 0 radical (unpaired) electrons. The average molecular weight is 470 g/mol. The number of amides is 1. The van der Waals surface area contributed by atoms with Gasteiger partial charge in [-0.1, -0.05) is 80.1 Å². The molecule has 6 nitrogen and oxygen atoms in total. The van der Waals surface area contributed by atoms with Crippen LogP contribution >= 0.6 is 11.8 Å². The highest BCUT2D eigenvalue weighted by Gasteiger charge is 2.19. The van der Waals surface area contributed by atoms with E-state index in [1.54, 1.807) is 0 Å². The van der Waals surface area contributed by atoms with Crippen molar-refractivity contribution in [1.29, 1.82) is 0 Å². The lowest BCUT2D eigenvalue weighted by Gasteiger charge is -2.14. The Kier molecular flexibility index (Phi) is 7.61. The van der Waals surface area contributed by atoms with Crippen molar-refractivity contribution >= 4 is 28.6 Å². The number of thioether (sulfide) groups is 1. The summed E-state index contributed by atoms with van der Waals surface area (Å²) in [5.74, 6) is 3.83. The fraction of sp³-hybridized carbons (Fsp3) is 0.259. The van der Waals surface area contributed by atoms with Gasteiger partial charge in [-0.2, -0.15) is 0 Å². The summed E-state index contributed by atoms with van der Waals surface area (Å²) in [7, 11) is 0. The van der Waals surface area contributed by atoms with Gasteiger partial charge in [-0.3, -0.25) is 4.79 Å². The molecule has 1 N–H and O–H groups in total. The van der Waals surface area contributed by atoms with Crippen LogP contribution in [-0.2, 0) is 11.3 Å². The van der Waals surface area contributed by atoms with E-state index in [4.69, 9.17) is 11.4 Å². The number of carbonyl (C=O) groups excluding carboxylic acids is 1. The lowest BCUT2D eigenvalue weighted by atomic mass is 10.0. The summed E-state index contributed by atoms with van der Waals surface area (Å²) in [6, 6.07) is 20.3. The van der Waals surface area contributed by atoms with Crippen molar-refractivity contribution in [2.24, 2.45) is 5.92 Å². The molecule has 34 heavy (non-hydrogen) atoms. The second-order valence-electron chi connectivity index (χ2n) is 8.35. The molecule has 0 saturated carbocycles. The third-order valence-electron chi connectivity index (χ3n) is 5.39. The average Bonchev–Trinajstić information content (AvgIpc) is 3.27. The normalized spacial score (nSPS) is 11.0. The van der Waals surface area contributed by atoms with Crippen LogP contribution in [0.1, 0.15) is 20.3 Å². The van der Waals surface area contributed by atoms with E-state index in [1.165, 1.54) is 11.8 Å². The lowest BCUT2D eigenvalue weighted by molar-refractivity contribution is -0.118. The molecule has 172 valence electrons. The van der Waals surface area contributed by atoms with E-state index in [0.29, 0.717) is 11.1 Å². The third kappa shape index (κ3) is 5.46. The van der Waals surface area contributed by atoms with Gasteiger partial charge in [0.2, 0.25) is 5.91 Å². The minimum Gasteiger partial charge on any atom is -0.344 e. The van der Waals surface area contributed by atoms with Crippen LogP contribution in [0.15, 0.2) is 65.8 Å². The molecule has 7 heteroatoms. The number of carbonyl (C=O) groups is 1. The Morgan fingerprint density at radius 1 is 1.12 bits per heavy atom. The summed E-state index contributed by atoms with van der Waals surface area (Å²) in [6.45, 7) is 5.36. The van der Waals surface area contributed by atoms with Crippen molar-refractivity contribution < 1.29 is 4.79 Å². The van der Waals surface area contributed by atoms with Crippen LogP contribution in [0.25, 0.3) is 33.5 Å². The molecule has 4 aromatic rings. The van der Waals surface area contributed by atoms with Crippen molar-refractivity contribution in [3.63, 3.8) is 0 Å². The molecule has 4 rings (SSSR count). The molecule has 0 unspecified atom stereocenters. The van der Waals surface area contributed by atoms with Crippen molar-refractivity contribution in [3.05, 3.63) is 60.7 Å². The van der Waals surface area contributed by atoms with Crippen LogP contribution in [0, 0.1) is 18.3 Å². The summed E-state index contributed by atoms with van der Waals surface area (Å²) >= 11 is 1.37. The molecule has 0 aliphatic heterocycles. The SMILES string of the molecule is C#CCNC(=O)CSc1nnc(-c2cc(-c3ccccc3)nc3ccccc23)n1CCC(C)C. The van der Waals surface area contributed by atoms with E-state index in [2.05, 4.69) is 64.1 Å². The number of aromatic nitrogens is 4. The van der Waals surface area contributed by atoms with Gasteiger partial charge in [0.05, 0.1) is 23.5 Å². The van der Waals surface area contributed by atoms with E-state index >= 15 is 0 Å². The molecule has 1 amide bonds. The molecular weight excluding hydrogens is 442 g/mol. The van der Waals surface area contributed by atoms with Crippen molar-refractivity contribution in [1.82, 2.24) is 25.1 Å².